The zero-order valence-electron chi connectivity index (χ0n) is 13.6. The van der Waals surface area contributed by atoms with Crippen molar-refractivity contribution >= 4 is 5.91 Å². The third-order valence-corrected chi connectivity index (χ3v) is 3.60. The van der Waals surface area contributed by atoms with E-state index in [4.69, 9.17) is 13.9 Å². The minimum absolute atomic E-state index is 0.257. The number of nitrogens with one attached hydrogen (secondary N) is 2. The summed E-state index contributed by atoms with van der Waals surface area (Å²) in [5.74, 6) is 1.50. The van der Waals surface area contributed by atoms with Gasteiger partial charge in [0.25, 0.3) is 5.91 Å². The minimum atomic E-state index is -0.257. The largest absolute Gasteiger partial charge is 0.486 e. The molecule has 1 aromatic heterocycles. The van der Waals surface area contributed by atoms with Crippen LogP contribution in [0, 0.1) is 0 Å². The number of rotatable bonds is 7. The Morgan fingerprint density at radius 1 is 1.17 bits per heavy atom. The van der Waals surface area contributed by atoms with E-state index in [0.717, 1.165) is 25.1 Å². The lowest BCUT2D eigenvalue weighted by Crippen LogP contribution is -2.32. The first-order valence-electron chi connectivity index (χ1n) is 8.12. The lowest BCUT2D eigenvalue weighted by Gasteiger charge is -2.18. The summed E-state index contributed by atoms with van der Waals surface area (Å²) in [5.41, 5.74) is 0.994. The second-order valence-corrected chi connectivity index (χ2v) is 5.39. The lowest BCUT2D eigenvalue weighted by atomic mass is 10.1. The number of oxazole rings is 1. The van der Waals surface area contributed by atoms with Crippen molar-refractivity contribution < 1.29 is 18.7 Å². The maximum absolute atomic E-state index is 12.3. The van der Waals surface area contributed by atoms with Gasteiger partial charge in [0.2, 0.25) is 0 Å². The molecule has 0 aliphatic carbocycles. The zero-order chi connectivity index (χ0) is 16.8. The monoisotopic (exact) mass is 331 g/mol. The summed E-state index contributed by atoms with van der Waals surface area (Å²) in [7, 11) is 0. The Morgan fingerprint density at radius 3 is 2.83 bits per heavy atom. The van der Waals surface area contributed by atoms with Gasteiger partial charge in [0.15, 0.2) is 29.3 Å². The van der Waals surface area contributed by atoms with E-state index in [2.05, 4.69) is 22.5 Å². The van der Waals surface area contributed by atoms with Crippen molar-refractivity contribution in [2.45, 2.75) is 13.3 Å². The molecule has 128 valence electrons. The van der Waals surface area contributed by atoms with Crippen LogP contribution < -0.4 is 20.1 Å². The molecule has 7 heteroatoms. The summed E-state index contributed by atoms with van der Waals surface area (Å²) in [6.45, 7) is 5.32. The standard InChI is InChI=1S/C17H21N3O4/c1-2-5-18-6-7-19-17(21)15-16(24-11-20-15)12-3-4-13-14(10-12)23-9-8-22-13/h3-4,10-11,18H,2,5-9H2,1H3,(H,19,21). The first kappa shape index (κ1) is 16.3. The van der Waals surface area contributed by atoms with Crippen molar-refractivity contribution in [3.63, 3.8) is 0 Å². The van der Waals surface area contributed by atoms with E-state index in [1.807, 2.05) is 12.1 Å². The molecule has 2 N–H and O–H groups in total. The van der Waals surface area contributed by atoms with Gasteiger partial charge in [0.1, 0.15) is 13.2 Å². The average molecular weight is 331 g/mol. The van der Waals surface area contributed by atoms with Gasteiger partial charge in [-0.2, -0.15) is 0 Å². The van der Waals surface area contributed by atoms with Gasteiger partial charge < -0.3 is 24.5 Å². The van der Waals surface area contributed by atoms with Crippen LogP contribution in [0.25, 0.3) is 11.3 Å². The van der Waals surface area contributed by atoms with Crippen LogP contribution in [0.5, 0.6) is 11.5 Å². The Hall–Kier alpha value is -2.54. The minimum Gasteiger partial charge on any atom is -0.486 e. The number of carbonyl (C=O) groups is 1. The Kier molecular flexibility index (Phi) is 5.32. The highest BCUT2D eigenvalue weighted by molar-refractivity contribution is 5.97. The fourth-order valence-electron chi connectivity index (χ4n) is 2.45. The molecule has 1 aromatic carbocycles. The topological polar surface area (TPSA) is 85.6 Å². The second kappa shape index (κ2) is 7.83. The maximum Gasteiger partial charge on any atom is 0.273 e. The molecule has 0 saturated heterocycles. The van der Waals surface area contributed by atoms with E-state index >= 15 is 0 Å². The predicted octanol–water partition coefficient (Wildman–Crippen LogP) is 1.84. The molecule has 1 aliphatic heterocycles. The number of hydrogen-bond acceptors (Lipinski definition) is 6. The SMILES string of the molecule is CCCNCCNC(=O)c1ncoc1-c1ccc2c(c1)OCCO2. The van der Waals surface area contributed by atoms with Gasteiger partial charge in [0.05, 0.1) is 0 Å². The quantitative estimate of drug-likeness (QED) is 0.753. The first-order chi connectivity index (χ1) is 11.8. The third kappa shape index (κ3) is 3.68. The molecule has 0 spiro atoms. The van der Waals surface area contributed by atoms with E-state index in [0.29, 0.717) is 37.0 Å². The molecule has 1 amide bonds. The Balaban J connectivity index is 1.69. The van der Waals surface area contributed by atoms with Crippen LogP contribution in [0.1, 0.15) is 23.8 Å². The highest BCUT2D eigenvalue weighted by Crippen LogP contribution is 2.35. The molecule has 2 heterocycles. The normalized spacial score (nSPS) is 12.9. The summed E-state index contributed by atoms with van der Waals surface area (Å²) in [6.07, 6.45) is 2.34. The summed E-state index contributed by atoms with van der Waals surface area (Å²) in [5, 5.41) is 6.06. The molecule has 0 unspecified atom stereocenters. The highest BCUT2D eigenvalue weighted by Gasteiger charge is 2.20. The van der Waals surface area contributed by atoms with Gasteiger partial charge in [-0.1, -0.05) is 6.92 Å². The molecule has 1 aliphatic rings. The van der Waals surface area contributed by atoms with Crippen LogP contribution in [0.3, 0.4) is 0 Å². The molecule has 7 nitrogen and oxygen atoms in total. The molecular weight excluding hydrogens is 310 g/mol. The maximum atomic E-state index is 12.3. The van der Waals surface area contributed by atoms with Crippen LogP contribution in [0.15, 0.2) is 29.0 Å². The fraction of sp³-hybridized carbons (Fsp3) is 0.412. The fourth-order valence-corrected chi connectivity index (χ4v) is 2.45. The number of amides is 1. The third-order valence-electron chi connectivity index (χ3n) is 3.60. The smallest absolute Gasteiger partial charge is 0.273 e. The molecular formula is C17H21N3O4. The molecule has 0 bridgehead atoms. The average Bonchev–Trinajstić information content (AvgIpc) is 3.11. The van der Waals surface area contributed by atoms with Gasteiger partial charge in [0, 0.05) is 18.7 Å². The van der Waals surface area contributed by atoms with Crippen molar-refractivity contribution in [2.75, 3.05) is 32.8 Å². The van der Waals surface area contributed by atoms with E-state index < -0.39 is 0 Å². The van der Waals surface area contributed by atoms with Crippen LogP contribution >= 0.6 is 0 Å². The van der Waals surface area contributed by atoms with Gasteiger partial charge in [-0.05, 0) is 31.2 Å². The first-order valence-corrected chi connectivity index (χ1v) is 8.12. The zero-order valence-corrected chi connectivity index (χ0v) is 13.6. The van der Waals surface area contributed by atoms with Crippen molar-refractivity contribution in [3.8, 4) is 22.8 Å². The molecule has 0 fully saturated rings. The second-order valence-electron chi connectivity index (χ2n) is 5.39. The number of nitrogens with zero attached hydrogens (tertiary/aromatic N) is 1. The van der Waals surface area contributed by atoms with Crippen LogP contribution in [-0.2, 0) is 0 Å². The van der Waals surface area contributed by atoms with Crippen LogP contribution in [-0.4, -0.2) is 43.7 Å². The highest BCUT2D eigenvalue weighted by atomic mass is 16.6. The molecule has 0 saturated carbocycles. The summed E-state index contributed by atoms with van der Waals surface area (Å²) in [6, 6.07) is 5.44. The number of benzene rings is 1. The number of hydrogen-bond donors (Lipinski definition) is 2. The number of fused-ring (bicyclic) bond motifs is 1. The van der Waals surface area contributed by atoms with Gasteiger partial charge >= 0.3 is 0 Å². The molecule has 2 aromatic rings. The van der Waals surface area contributed by atoms with Crippen LogP contribution in [0.4, 0.5) is 0 Å². The number of carbonyl (C=O) groups excluding carboxylic acids is 1. The molecule has 0 radical (unpaired) electrons. The van der Waals surface area contributed by atoms with E-state index in [9.17, 15) is 4.79 Å². The van der Waals surface area contributed by atoms with E-state index in [-0.39, 0.29) is 11.6 Å². The summed E-state index contributed by atoms with van der Waals surface area (Å²) >= 11 is 0. The predicted molar refractivity (Wildman–Crippen MR) is 88.4 cm³/mol. The van der Waals surface area contributed by atoms with Gasteiger partial charge in [-0.3, -0.25) is 4.79 Å². The summed E-state index contributed by atoms with van der Waals surface area (Å²) < 4.78 is 16.5. The Labute approximate surface area is 140 Å². The summed E-state index contributed by atoms with van der Waals surface area (Å²) in [4.78, 5) is 16.4. The lowest BCUT2D eigenvalue weighted by molar-refractivity contribution is 0.0950. The Morgan fingerprint density at radius 2 is 2.00 bits per heavy atom. The van der Waals surface area contributed by atoms with Crippen molar-refractivity contribution in [1.82, 2.24) is 15.6 Å². The molecule has 3 rings (SSSR count). The van der Waals surface area contributed by atoms with Gasteiger partial charge in [-0.25, -0.2) is 4.98 Å². The Bertz CT molecular complexity index is 699. The van der Waals surface area contributed by atoms with Crippen molar-refractivity contribution in [2.24, 2.45) is 0 Å². The number of ether oxygens (including phenoxy) is 2. The molecule has 24 heavy (non-hydrogen) atoms. The van der Waals surface area contributed by atoms with Crippen molar-refractivity contribution in [3.05, 3.63) is 30.3 Å². The van der Waals surface area contributed by atoms with E-state index in [1.54, 1.807) is 6.07 Å². The molecule has 0 atom stereocenters. The number of aromatic nitrogens is 1. The van der Waals surface area contributed by atoms with Crippen LogP contribution in [0.2, 0.25) is 0 Å². The van der Waals surface area contributed by atoms with Crippen molar-refractivity contribution in [1.29, 1.82) is 0 Å². The van der Waals surface area contributed by atoms with E-state index in [1.165, 1.54) is 6.39 Å². The van der Waals surface area contributed by atoms with Gasteiger partial charge in [-0.15, -0.1) is 0 Å².